The zero-order valence-corrected chi connectivity index (χ0v) is 10.9. The Morgan fingerprint density at radius 1 is 1.05 bits per heavy atom. The van der Waals surface area contributed by atoms with Gasteiger partial charge in [-0.2, -0.15) is 0 Å². The maximum Gasteiger partial charge on any atom is 0.245 e. The second kappa shape index (κ2) is 8.82. The highest BCUT2D eigenvalue weighted by Gasteiger charge is 2.20. The number of hydrogen-bond acceptors (Lipinski definition) is 6. The van der Waals surface area contributed by atoms with Gasteiger partial charge in [-0.3, -0.25) is 19.2 Å². The Morgan fingerprint density at radius 2 is 1.60 bits per heavy atom. The van der Waals surface area contributed by atoms with Gasteiger partial charge in [-0.1, -0.05) is 0 Å². The third-order valence-electron chi connectivity index (χ3n) is 2.16. The minimum Gasteiger partial charge on any atom is -0.394 e. The van der Waals surface area contributed by atoms with Crippen molar-refractivity contribution in [2.45, 2.75) is 19.0 Å². The Bertz CT molecular complexity index is 386. The van der Waals surface area contributed by atoms with Gasteiger partial charge in [0.25, 0.3) is 0 Å². The number of primary amides is 1. The van der Waals surface area contributed by atoms with Crippen molar-refractivity contribution in [3.8, 4) is 0 Å². The first-order valence-corrected chi connectivity index (χ1v) is 5.67. The van der Waals surface area contributed by atoms with E-state index in [-0.39, 0.29) is 0 Å². The van der Waals surface area contributed by atoms with Gasteiger partial charge < -0.3 is 31.9 Å². The number of nitrogens with two attached hydrogens (primary N) is 1. The van der Waals surface area contributed by atoms with Gasteiger partial charge in [0.1, 0.15) is 12.1 Å². The first-order valence-electron chi connectivity index (χ1n) is 5.67. The van der Waals surface area contributed by atoms with E-state index in [1.807, 2.05) is 0 Å². The predicted molar refractivity (Wildman–Crippen MR) is 65.9 cm³/mol. The zero-order valence-electron chi connectivity index (χ0n) is 10.9. The summed E-state index contributed by atoms with van der Waals surface area (Å²) in [6.45, 7) is -0.631. The van der Waals surface area contributed by atoms with E-state index in [0.29, 0.717) is 0 Å². The molecule has 0 unspecified atom stereocenters. The molecule has 10 heteroatoms. The lowest BCUT2D eigenvalue weighted by molar-refractivity contribution is -0.131. The van der Waals surface area contributed by atoms with E-state index in [0.717, 1.165) is 0 Å². The van der Waals surface area contributed by atoms with E-state index in [1.54, 1.807) is 0 Å². The first kappa shape index (κ1) is 17.8. The van der Waals surface area contributed by atoms with Gasteiger partial charge in [-0.05, 0) is 0 Å². The number of nitrogens with one attached hydrogen (secondary N) is 3. The summed E-state index contributed by atoms with van der Waals surface area (Å²) < 4.78 is 0. The van der Waals surface area contributed by atoms with Crippen LogP contribution < -0.4 is 21.7 Å². The van der Waals surface area contributed by atoms with Crippen LogP contribution in [0.1, 0.15) is 6.92 Å². The van der Waals surface area contributed by atoms with Gasteiger partial charge >= 0.3 is 0 Å². The average molecular weight is 290 g/mol. The number of aliphatic hydroxyl groups is 2. The third kappa shape index (κ3) is 6.66. The van der Waals surface area contributed by atoms with Gasteiger partial charge in [-0.25, -0.2) is 0 Å². The van der Waals surface area contributed by atoms with Crippen LogP contribution in [0.15, 0.2) is 0 Å². The van der Waals surface area contributed by atoms with Crippen molar-refractivity contribution in [1.82, 2.24) is 16.0 Å². The van der Waals surface area contributed by atoms with Crippen LogP contribution in [0.4, 0.5) is 0 Å². The summed E-state index contributed by atoms with van der Waals surface area (Å²) in [4.78, 5) is 44.4. The highest BCUT2D eigenvalue weighted by molar-refractivity contribution is 5.92. The van der Waals surface area contributed by atoms with Crippen LogP contribution in [0.25, 0.3) is 0 Å². The number of amides is 4. The van der Waals surface area contributed by atoms with Crippen molar-refractivity contribution in [3.63, 3.8) is 0 Å². The summed E-state index contributed by atoms with van der Waals surface area (Å²) in [6, 6.07) is -2.42. The lowest BCUT2D eigenvalue weighted by Crippen LogP contribution is -2.53. The number of rotatable bonds is 8. The quantitative estimate of drug-likeness (QED) is 0.263. The normalized spacial score (nSPS) is 12.9. The third-order valence-corrected chi connectivity index (χ3v) is 2.16. The van der Waals surface area contributed by atoms with Crippen molar-refractivity contribution in [2.24, 2.45) is 5.73 Å². The summed E-state index contributed by atoms with van der Waals surface area (Å²) in [5.74, 6) is -2.95. The molecule has 4 amide bonds. The van der Waals surface area contributed by atoms with Crippen LogP contribution in [-0.4, -0.2) is 65.7 Å². The SMILES string of the molecule is CC(=O)N[C@@H](CO)C(=O)NCC(=O)N[C@@H](CO)C(N)=O. The molecule has 0 aliphatic carbocycles. The molecule has 0 aromatic heterocycles. The number of aliphatic hydroxyl groups excluding tert-OH is 2. The van der Waals surface area contributed by atoms with Crippen LogP contribution in [-0.2, 0) is 19.2 Å². The summed E-state index contributed by atoms with van der Waals surface area (Å²) in [6.07, 6.45) is 0. The Balaban J connectivity index is 4.25. The lowest BCUT2D eigenvalue weighted by atomic mass is 10.2. The molecule has 0 bridgehead atoms. The average Bonchev–Trinajstić information content (AvgIpc) is 2.38. The molecule has 10 nitrogen and oxygen atoms in total. The van der Waals surface area contributed by atoms with Crippen molar-refractivity contribution in [1.29, 1.82) is 0 Å². The van der Waals surface area contributed by atoms with Crippen molar-refractivity contribution in [3.05, 3.63) is 0 Å². The maximum absolute atomic E-state index is 11.5. The van der Waals surface area contributed by atoms with E-state index in [2.05, 4.69) is 16.0 Å². The molecule has 0 fully saturated rings. The van der Waals surface area contributed by atoms with Crippen LogP contribution in [0.3, 0.4) is 0 Å². The first-order chi connectivity index (χ1) is 9.31. The monoisotopic (exact) mass is 290 g/mol. The molecule has 20 heavy (non-hydrogen) atoms. The van der Waals surface area contributed by atoms with Crippen LogP contribution in [0.5, 0.6) is 0 Å². The minimum atomic E-state index is -1.25. The summed E-state index contributed by atoms with van der Waals surface area (Å²) >= 11 is 0. The summed E-state index contributed by atoms with van der Waals surface area (Å²) in [5.41, 5.74) is 4.89. The molecule has 0 aromatic rings. The van der Waals surface area contributed by atoms with Gasteiger partial charge in [0.2, 0.25) is 23.6 Å². The van der Waals surface area contributed by atoms with Gasteiger partial charge in [0, 0.05) is 6.92 Å². The number of carbonyl (C=O) groups is 4. The van der Waals surface area contributed by atoms with E-state index in [1.165, 1.54) is 6.92 Å². The topological polar surface area (TPSA) is 171 Å². The molecule has 7 N–H and O–H groups in total. The largest absolute Gasteiger partial charge is 0.394 e. The highest BCUT2D eigenvalue weighted by atomic mass is 16.3. The second-order valence-corrected chi connectivity index (χ2v) is 3.86. The van der Waals surface area contributed by atoms with Crippen molar-refractivity contribution in [2.75, 3.05) is 19.8 Å². The second-order valence-electron chi connectivity index (χ2n) is 3.86. The minimum absolute atomic E-state index is 0.501. The van der Waals surface area contributed by atoms with E-state index in [4.69, 9.17) is 15.9 Å². The molecule has 0 spiro atoms. The maximum atomic E-state index is 11.5. The molecule has 0 aliphatic rings. The molecule has 0 radical (unpaired) electrons. The molecule has 0 aliphatic heterocycles. The van der Waals surface area contributed by atoms with Gasteiger partial charge in [-0.15, -0.1) is 0 Å². The number of hydrogen-bond donors (Lipinski definition) is 6. The van der Waals surface area contributed by atoms with E-state index in [9.17, 15) is 19.2 Å². The molecule has 0 saturated carbocycles. The fourth-order valence-corrected chi connectivity index (χ4v) is 1.18. The van der Waals surface area contributed by atoms with Crippen molar-refractivity contribution >= 4 is 23.6 Å². The molecule has 0 aromatic carbocycles. The van der Waals surface area contributed by atoms with Gasteiger partial charge in [0.05, 0.1) is 19.8 Å². The lowest BCUT2D eigenvalue weighted by Gasteiger charge is -2.16. The van der Waals surface area contributed by atoms with Crippen LogP contribution in [0.2, 0.25) is 0 Å². The smallest absolute Gasteiger partial charge is 0.245 e. The standard InChI is InChI=1S/C10H18N4O6/c1-5(17)13-7(4-16)10(20)12-2-8(18)14-6(3-15)9(11)19/h6-7,15-16H,2-4H2,1H3,(H2,11,19)(H,12,20)(H,13,17)(H,14,18)/t6-,7-/m0/s1. The molecular formula is C10H18N4O6. The Kier molecular flexibility index (Phi) is 7.85. The molecule has 114 valence electrons. The fourth-order valence-electron chi connectivity index (χ4n) is 1.18. The molecule has 0 saturated heterocycles. The Hall–Kier alpha value is -2.20. The van der Waals surface area contributed by atoms with E-state index >= 15 is 0 Å². The molecule has 0 heterocycles. The predicted octanol–water partition coefficient (Wildman–Crippen LogP) is -4.44. The molecule has 2 atom stereocenters. The Morgan fingerprint density at radius 3 is 2.00 bits per heavy atom. The van der Waals surface area contributed by atoms with E-state index < -0.39 is 55.5 Å². The molecule has 0 rings (SSSR count). The zero-order chi connectivity index (χ0) is 15.7. The summed E-state index contributed by atoms with van der Waals surface area (Å²) in [7, 11) is 0. The van der Waals surface area contributed by atoms with Crippen molar-refractivity contribution < 1.29 is 29.4 Å². The number of carbonyl (C=O) groups excluding carboxylic acids is 4. The van der Waals surface area contributed by atoms with Gasteiger partial charge in [0.15, 0.2) is 0 Å². The molecular weight excluding hydrogens is 272 g/mol. The highest BCUT2D eigenvalue weighted by Crippen LogP contribution is 1.84. The fraction of sp³-hybridized carbons (Fsp3) is 0.600. The van der Waals surface area contributed by atoms with Crippen LogP contribution >= 0.6 is 0 Å². The van der Waals surface area contributed by atoms with Crippen LogP contribution in [0, 0.1) is 0 Å². The Labute approximate surface area is 114 Å². The summed E-state index contributed by atoms with van der Waals surface area (Å²) in [5, 5.41) is 24.1.